The number of hydrogen-bond acceptors (Lipinski definition) is 2. The summed E-state index contributed by atoms with van der Waals surface area (Å²) in [7, 11) is 0. The molecule has 2 heteroatoms. The number of nitrogens with one attached hydrogen (secondary N) is 1. The molecule has 0 radical (unpaired) electrons. The molecule has 0 saturated carbocycles. The fourth-order valence-electron chi connectivity index (χ4n) is 0.966. The van der Waals surface area contributed by atoms with Gasteiger partial charge in [-0.25, -0.2) is 0 Å². The fourth-order valence-corrected chi connectivity index (χ4v) is 0.966. The van der Waals surface area contributed by atoms with Gasteiger partial charge < -0.3 is 5.32 Å². The van der Waals surface area contributed by atoms with Gasteiger partial charge in [0.2, 0.25) is 0 Å². The number of allylic oxidation sites excluding steroid dienone is 1. The first-order valence-corrected chi connectivity index (χ1v) is 3.14. The molecule has 2 nitrogen and oxygen atoms in total. The molecule has 1 N–H and O–H groups in total. The van der Waals surface area contributed by atoms with Crippen molar-refractivity contribution in [2.24, 2.45) is 0 Å². The van der Waals surface area contributed by atoms with Gasteiger partial charge in [0.05, 0.1) is 6.07 Å². The van der Waals surface area contributed by atoms with Gasteiger partial charge in [-0.15, -0.1) is 0 Å². The lowest BCUT2D eigenvalue weighted by Crippen LogP contribution is -2.04. The molecule has 1 aliphatic rings. The molecule has 1 saturated heterocycles. The van der Waals surface area contributed by atoms with Crippen molar-refractivity contribution >= 4 is 0 Å². The van der Waals surface area contributed by atoms with E-state index in [-0.39, 0.29) is 0 Å². The van der Waals surface area contributed by atoms with Crippen molar-refractivity contribution in [1.29, 1.82) is 5.26 Å². The first-order chi connectivity index (χ1) is 4.34. The average molecular weight is 122 g/mol. The second-order valence-electron chi connectivity index (χ2n) is 2.27. The van der Waals surface area contributed by atoms with Crippen LogP contribution in [-0.4, -0.2) is 13.1 Å². The van der Waals surface area contributed by atoms with E-state index < -0.39 is 0 Å². The van der Waals surface area contributed by atoms with Crippen LogP contribution in [0.2, 0.25) is 0 Å². The fraction of sp³-hybridized carbons (Fsp3) is 0.571. The van der Waals surface area contributed by atoms with Gasteiger partial charge >= 0.3 is 0 Å². The van der Waals surface area contributed by atoms with Gasteiger partial charge in [0, 0.05) is 12.1 Å². The SMILES string of the molecule is CC(C#N)=C1CCNC1. The summed E-state index contributed by atoms with van der Waals surface area (Å²) < 4.78 is 0. The highest BCUT2D eigenvalue weighted by Crippen LogP contribution is 2.10. The quantitative estimate of drug-likeness (QED) is 0.483. The Labute approximate surface area is 55.2 Å². The first kappa shape index (κ1) is 6.31. The Morgan fingerprint density at radius 2 is 2.56 bits per heavy atom. The number of rotatable bonds is 0. The van der Waals surface area contributed by atoms with Gasteiger partial charge in [0.25, 0.3) is 0 Å². The van der Waals surface area contributed by atoms with Crippen molar-refractivity contribution in [3.05, 3.63) is 11.1 Å². The molecule has 0 amide bonds. The van der Waals surface area contributed by atoms with Gasteiger partial charge in [-0.1, -0.05) is 0 Å². The van der Waals surface area contributed by atoms with E-state index in [0.717, 1.165) is 25.1 Å². The molecular weight excluding hydrogens is 112 g/mol. The van der Waals surface area contributed by atoms with Crippen molar-refractivity contribution in [2.75, 3.05) is 13.1 Å². The summed E-state index contributed by atoms with van der Waals surface area (Å²) in [5.74, 6) is 0. The lowest BCUT2D eigenvalue weighted by molar-refractivity contribution is 0.862. The highest BCUT2D eigenvalue weighted by atomic mass is 14.9. The van der Waals surface area contributed by atoms with Gasteiger partial charge in [0.15, 0.2) is 0 Å². The molecular formula is C7H10N2. The zero-order valence-corrected chi connectivity index (χ0v) is 5.57. The summed E-state index contributed by atoms with van der Waals surface area (Å²) in [6.45, 7) is 3.83. The van der Waals surface area contributed by atoms with E-state index in [1.165, 1.54) is 5.57 Å². The third kappa shape index (κ3) is 1.30. The van der Waals surface area contributed by atoms with Crippen molar-refractivity contribution in [3.8, 4) is 6.07 Å². The molecule has 0 aromatic carbocycles. The summed E-state index contributed by atoms with van der Waals surface area (Å²) in [6.07, 6.45) is 1.05. The number of nitrogens with zero attached hydrogens (tertiary/aromatic N) is 1. The van der Waals surface area contributed by atoms with Gasteiger partial charge in [0.1, 0.15) is 0 Å². The van der Waals surface area contributed by atoms with Crippen LogP contribution < -0.4 is 5.32 Å². The third-order valence-corrected chi connectivity index (χ3v) is 1.64. The molecule has 1 fully saturated rings. The Kier molecular flexibility index (Phi) is 1.86. The van der Waals surface area contributed by atoms with Crippen LogP contribution in [0.1, 0.15) is 13.3 Å². The standard InChI is InChI=1S/C7H10N2/c1-6(4-8)7-2-3-9-5-7/h9H,2-3,5H2,1H3. The van der Waals surface area contributed by atoms with Crippen LogP contribution in [0.5, 0.6) is 0 Å². The minimum absolute atomic E-state index is 0.889. The maximum absolute atomic E-state index is 8.46. The summed E-state index contributed by atoms with van der Waals surface area (Å²) in [5.41, 5.74) is 2.16. The predicted molar refractivity (Wildman–Crippen MR) is 35.8 cm³/mol. The minimum Gasteiger partial charge on any atom is -0.313 e. The van der Waals surface area contributed by atoms with Gasteiger partial charge in [-0.3, -0.25) is 0 Å². The normalized spacial score (nSPS) is 23.6. The van der Waals surface area contributed by atoms with E-state index in [1.807, 2.05) is 6.92 Å². The summed E-state index contributed by atoms with van der Waals surface area (Å²) in [6, 6.07) is 2.15. The summed E-state index contributed by atoms with van der Waals surface area (Å²) >= 11 is 0. The van der Waals surface area contributed by atoms with Crippen LogP contribution in [0.4, 0.5) is 0 Å². The molecule has 0 aromatic rings. The van der Waals surface area contributed by atoms with Crippen LogP contribution in [0.15, 0.2) is 11.1 Å². The van der Waals surface area contributed by atoms with Crippen LogP contribution in [0.25, 0.3) is 0 Å². The Morgan fingerprint density at radius 1 is 1.78 bits per heavy atom. The molecule has 0 atom stereocenters. The van der Waals surface area contributed by atoms with Crippen molar-refractivity contribution in [3.63, 3.8) is 0 Å². The average Bonchev–Trinajstić information content (AvgIpc) is 2.37. The van der Waals surface area contributed by atoms with Gasteiger partial charge in [-0.2, -0.15) is 5.26 Å². The van der Waals surface area contributed by atoms with Crippen LogP contribution in [-0.2, 0) is 0 Å². The molecule has 1 rings (SSSR count). The molecule has 48 valence electrons. The lowest BCUT2D eigenvalue weighted by Gasteiger charge is -1.92. The Hall–Kier alpha value is -0.810. The van der Waals surface area contributed by atoms with Crippen LogP contribution in [0, 0.1) is 11.3 Å². The van der Waals surface area contributed by atoms with Gasteiger partial charge in [-0.05, 0) is 25.5 Å². The Bertz CT molecular complexity index is 166. The maximum atomic E-state index is 8.46. The smallest absolute Gasteiger partial charge is 0.0944 e. The monoisotopic (exact) mass is 122 g/mol. The largest absolute Gasteiger partial charge is 0.313 e. The molecule has 1 aliphatic heterocycles. The second-order valence-corrected chi connectivity index (χ2v) is 2.27. The van der Waals surface area contributed by atoms with Crippen molar-refractivity contribution in [1.82, 2.24) is 5.32 Å². The minimum atomic E-state index is 0.889. The number of hydrogen-bond donors (Lipinski definition) is 1. The zero-order chi connectivity index (χ0) is 6.69. The van der Waals surface area contributed by atoms with Crippen LogP contribution in [0.3, 0.4) is 0 Å². The molecule has 0 unspecified atom stereocenters. The van der Waals surface area contributed by atoms with E-state index in [2.05, 4.69) is 11.4 Å². The highest BCUT2D eigenvalue weighted by molar-refractivity contribution is 5.28. The molecule has 0 spiro atoms. The molecule has 9 heavy (non-hydrogen) atoms. The topological polar surface area (TPSA) is 35.8 Å². The van der Waals surface area contributed by atoms with Crippen molar-refractivity contribution in [2.45, 2.75) is 13.3 Å². The predicted octanol–water partition coefficient (Wildman–Crippen LogP) is 0.820. The third-order valence-electron chi connectivity index (χ3n) is 1.64. The van der Waals surface area contributed by atoms with E-state index in [9.17, 15) is 0 Å². The van der Waals surface area contributed by atoms with E-state index in [1.54, 1.807) is 0 Å². The Morgan fingerprint density at radius 3 is 3.00 bits per heavy atom. The molecule has 0 bridgehead atoms. The molecule has 0 aromatic heterocycles. The molecule has 1 heterocycles. The maximum Gasteiger partial charge on any atom is 0.0944 e. The van der Waals surface area contributed by atoms with E-state index in [0.29, 0.717) is 0 Å². The highest BCUT2D eigenvalue weighted by Gasteiger charge is 2.07. The summed E-state index contributed by atoms with van der Waals surface area (Å²) in [4.78, 5) is 0. The van der Waals surface area contributed by atoms with E-state index in [4.69, 9.17) is 5.26 Å². The Balaban J connectivity index is 2.70. The summed E-state index contributed by atoms with van der Waals surface area (Å²) in [5, 5.41) is 11.6. The van der Waals surface area contributed by atoms with Crippen LogP contribution >= 0.6 is 0 Å². The number of nitriles is 1. The second kappa shape index (κ2) is 2.65. The van der Waals surface area contributed by atoms with E-state index >= 15 is 0 Å². The molecule has 0 aliphatic carbocycles. The first-order valence-electron chi connectivity index (χ1n) is 3.14. The lowest BCUT2D eigenvalue weighted by atomic mass is 10.1. The van der Waals surface area contributed by atoms with Crippen molar-refractivity contribution < 1.29 is 0 Å². The zero-order valence-electron chi connectivity index (χ0n) is 5.57.